The monoisotopic (exact) mass is 316 g/mol. The smallest absolute Gasteiger partial charge is 0.292 e. The summed E-state index contributed by atoms with van der Waals surface area (Å²) in [6, 6.07) is 4.53. The van der Waals surface area contributed by atoms with Crippen molar-refractivity contribution in [3.8, 4) is 0 Å². The summed E-state index contributed by atoms with van der Waals surface area (Å²) in [5.74, 6) is 0. The van der Waals surface area contributed by atoms with Crippen LogP contribution in [0.5, 0.6) is 0 Å². The van der Waals surface area contributed by atoms with Crippen LogP contribution in [0.15, 0.2) is 24.3 Å². The lowest BCUT2D eigenvalue weighted by Crippen LogP contribution is -2.44. The van der Waals surface area contributed by atoms with Gasteiger partial charge in [-0.25, -0.2) is 0 Å². The Bertz CT molecular complexity index is 488. The number of benzene rings is 1. The molecule has 1 rings (SSSR count). The van der Waals surface area contributed by atoms with Crippen LogP contribution in [0.3, 0.4) is 0 Å². The van der Waals surface area contributed by atoms with E-state index < -0.39 is 47.4 Å². The highest BCUT2D eigenvalue weighted by Gasteiger charge is 2.46. The van der Waals surface area contributed by atoms with Gasteiger partial charge < -0.3 is 20.4 Å². The molecule has 0 aliphatic carbocycles. The first-order valence-electron chi connectivity index (χ1n) is 6.18. The van der Waals surface area contributed by atoms with Crippen LogP contribution in [0, 0.1) is 20.2 Å². The topological polar surface area (TPSA) is 167 Å². The van der Waals surface area contributed by atoms with Crippen LogP contribution in [0.25, 0.3) is 0 Å². The van der Waals surface area contributed by atoms with Gasteiger partial charge in [-0.2, -0.15) is 0 Å². The molecule has 10 heteroatoms. The van der Waals surface area contributed by atoms with E-state index in [0.29, 0.717) is 0 Å². The molecule has 0 aromatic heterocycles. The Kier molecular flexibility index (Phi) is 5.49. The molecule has 1 aromatic rings. The number of hydrogen-bond acceptors (Lipinski definition) is 8. The number of rotatable bonds is 8. The summed E-state index contributed by atoms with van der Waals surface area (Å²) in [5, 5.41) is 59.0. The van der Waals surface area contributed by atoms with Gasteiger partial charge >= 0.3 is 0 Å². The van der Waals surface area contributed by atoms with Crippen molar-refractivity contribution < 1.29 is 30.3 Å². The number of aliphatic hydroxyl groups is 4. The lowest BCUT2D eigenvalue weighted by atomic mass is 9.87. The fourth-order valence-corrected chi connectivity index (χ4v) is 2.00. The Morgan fingerprint density at radius 1 is 0.727 bits per heavy atom. The second-order valence-electron chi connectivity index (χ2n) is 4.79. The largest absolute Gasteiger partial charge is 0.388 e. The lowest BCUT2D eigenvalue weighted by molar-refractivity contribution is -0.587. The Morgan fingerprint density at radius 3 is 1.09 bits per heavy atom. The maximum atomic E-state index is 11.1. The van der Waals surface area contributed by atoms with E-state index in [9.17, 15) is 40.7 Å². The molecule has 0 heterocycles. The molecule has 0 fully saturated rings. The highest BCUT2D eigenvalue weighted by Crippen LogP contribution is 2.29. The maximum absolute atomic E-state index is 11.1. The van der Waals surface area contributed by atoms with Crippen molar-refractivity contribution in [3.63, 3.8) is 0 Å². The first kappa shape index (κ1) is 17.9. The molecule has 0 aliphatic heterocycles. The first-order valence-corrected chi connectivity index (χ1v) is 6.18. The van der Waals surface area contributed by atoms with Gasteiger partial charge in [0.05, 0.1) is 0 Å². The molecule has 1 aromatic carbocycles. The summed E-state index contributed by atoms with van der Waals surface area (Å²) in [6.45, 7) is -3.85. The summed E-state index contributed by atoms with van der Waals surface area (Å²) in [4.78, 5) is 20.5. The van der Waals surface area contributed by atoms with Crippen LogP contribution in [0.1, 0.15) is 11.1 Å². The summed E-state index contributed by atoms with van der Waals surface area (Å²) in [7, 11) is 0. The Balaban J connectivity index is 3.35. The van der Waals surface area contributed by atoms with E-state index in [1.165, 1.54) is 0 Å². The van der Waals surface area contributed by atoms with Crippen molar-refractivity contribution in [3.05, 3.63) is 55.6 Å². The van der Waals surface area contributed by atoms with Crippen molar-refractivity contribution in [2.24, 2.45) is 0 Å². The molecular formula is C12H16N2O8. The third kappa shape index (κ3) is 2.64. The van der Waals surface area contributed by atoms with Crippen molar-refractivity contribution in [1.82, 2.24) is 0 Å². The van der Waals surface area contributed by atoms with Gasteiger partial charge in [-0.1, -0.05) is 24.3 Å². The van der Waals surface area contributed by atoms with Crippen LogP contribution in [-0.2, 0) is 11.1 Å². The molecule has 4 N–H and O–H groups in total. The summed E-state index contributed by atoms with van der Waals surface area (Å²) >= 11 is 0. The van der Waals surface area contributed by atoms with Gasteiger partial charge in [0.2, 0.25) is 0 Å². The highest BCUT2D eigenvalue weighted by molar-refractivity contribution is 5.31. The zero-order valence-corrected chi connectivity index (χ0v) is 11.5. The van der Waals surface area contributed by atoms with E-state index in [4.69, 9.17) is 0 Å². The zero-order valence-electron chi connectivity index (χ0n) is 11.5. The average molecular weight is 316 g/mol. The van der Waals surface area contributed by atoms with Gasteiger partial charge in [0.25, 0.3) is 11.1 Å². The molecule has 0 spiro atoms. The lowest BCUT2D eigenvalue weighted by Gasteiger charge is -2.24. The second kappa shape index (κ2) is 6.75. The minimum Gasteiger partial charge on any atom is -0.388 e. The number of hydrogen-bond donors (Lipinski definition) is 4. The van der Waals surface area contributed by atoms with Crippen LogP contribution in [-0.4, -0.2) is 56.7 Å². The molecule has 0 unspecified atom stereocenters. The Morgan fingerprint density at radius 2 is 0.955 bits per heavy atom. The van der Waals surface area contributed by atoms with Crippen molar-refractivity contribution >= 4 is 0 Å². The van der Waals surface area contributed by atoms with Crippen LogP contribution < -0.4 is 0 Å². The minimum atomic E-state index is -2.13. The molecule has 0 saturated heterocycles. The third-order valence-electron chi connectivity index (χ3n) is 3.70. The summed E-state index contributed by atoms with van der Waals surface area (Å²) < 4.78 is 0. The fourth-order valence-electron chi connectivity index (χ4n) is 2.00. The van der Waals surface area contributed by atoms with E-state index in [0.717, 1.165) is 24.3 Å². The van der Waals surface area contributed by atoms with Crippen molar-refractivity contribution in [1.29, 1.82) is 0 Å². The minimum absolute atomic E-state index is 0.0561. The zero-order chi connectivity index (χ0) is 17.0. The average Bonchev–Trinajstić information content (AvgIpc) is 2.51. The molecular weight excluding hydrogens is 300 g/mol. The molecule has 0 radical (unpaired) electrons. The maximum Gasteiger partial charge on any atom is 0.292 e. The molecule has 10 nitrogen and oxygen atoms in total. The van der Waals surface area contributed by atoms with E-state index in [1.807, 2.05) is 0 Å². The predicted molar refractivity (Wildman–Crippen MR) is 72.1 cm³/mol. The predicted octanol–water partition coefficient (Wildman–Crippen LogP) is -1.40. The van der Waals surface area contributed by atoms with Gasteiger partial charge in [0.15, 0.2) is 0 Å². The molecule has 0 bridgehead atoms. The van der Waals surface area contributed by atoms with Gasteiger partial charge in [-0.15, -0.1) is 0 Å². The number of aliphatic hydroxyl groups excluding tert-OH is 4. The molecule has 22 heavy (non-hydrogen) atoms. The summed E-state index contributed by atoms with van der Waals surface area (Å²) in [6.07, 6.45) is 0. The van der Waals surface area contributed by atoms with Crippen molar-refractivity contribution in [2.45, 2.75) is 11.1 Å². The highest BCUT2D eigenvalue weighted by atomic mass is 16.6. The normalized spacial score (nSPS) is 12.2. The van der Waals surface area contributed by atoms with Gasteiger partial charge in [0, 0.05) is 21.0 Å². The summed E-state index contributed by atoms with van der Waals surface area (Å²) in [5.41, 5.74) is -4.37. The standard InChI is InChI=1S/C12H16N2O8/c15-5-11(6-16,13(19)20)9-1-2-10(4-3-9)12(7-17,8-18)14(21)22/h1-4,15-18H,5-8H2. The molecule has 0 aliphatic rings. The van der Waals surface area contributed by atoms with Gasteiger partial charge in [0.1, 0.15) is 26.4 Å². The number of nitrogens with zero attached hydrogens (tertiary/aromatic N) is 2. The first-order chi connectivity index (χ1) is 10.3. The molecule has 0 saturated carbocycles. The fraction of sp³-hybridized carbons (Fsp3) is 0.500. The Labute approximate surface area is 124 Å². The third-order valence-corrected chi connectivity index (χ3v) is 3.70. The van der Waals surface area contributed by atoms with Crippen LogP contribution in [0.4, 0.5) is 0 Å². The van der Waals surface area contributed by atoms with E-state index in [1.54, 1.807) is 0 Å². The van der Waals surface area contributed by atoms with Gasteiger partial charge in [-0.3, -0.25) is 20.2 Å². The molecule has 0 amide bonds. The van der Waals surface area contributed by atoms with E-state index >= 15 is 0 Å². The van der Waals surface area contributed by atoms with E-state index in [-0.39, 0.29) is 11.1 Å². The van der Waals surface area contributed by atoms with Gasteiger partial charge in [-0.05, 0) is 0 Å². The van der Waals surface area contributed by atoms with Crippen molar-refractivity contribution in [2.75, 3.05) is 26.4 Å². The SMILES string of the molecule is O=[N+]([O-])C(CO)(CO)c1ccc(C(CO)(CO)[N+](=O)[O-])cc1. The van der Waals surface area contributed by atoms with Crippen LogP contribution in [0.2, 0.25) is 0 Å². The van der Waals surface area contributed by atoms with Crippen LogP contribution >= 0.6 is 0 Å². The molecule has 122 valence electrons. The second-order valence-corrected chi connectivity index (χ2v) is 4.79. The van der Waals surface area contributed by atoms with E-state index in [2.05, 4.69) is 0 Å². The Hall–Kier alpha value is -2.14. The number of nitro groups is 2. The quantitative estimate of drug-likeness (QED) is 0.335. The molecule has 0 atom stereocenters.